The van der Waals surface area contributed by atoms with Gasteiger partial charge in [0.25, 0.3) is 0 Å². The second-order valence-corrected chi connectivity index (χ2v) is 5.42. The van der Waals surface area contributed by atoms with Gasteiger partial charge in [-0.3, -0.25) is 0 Å². The van der Waals surface area contributed by atoms with Crippen LogP contribution < -0.4 is 0 Å². The van der Waals surface area contributed by atoms with Gasteiger partial charge in [-0.25, -0.2) is 4.39 Å². The normalized spacial score (nSPS) is 12.0. The van der Waals surface area contributed by atoms with Gasteiger partial charge >= 0.3 is 6.18 Å². The van der Waals surface area contributed by atoms with Gasteiger partial charge in [0, 0.05) is 0 Å². The molecule has 21 heavy (non-hydrogen) atoms. The number of benzene rings is 2. The molecule has 0 saturated carbocycles. The van der Waals surface area contributed by atoms with E-state index >= 15 is 0 Å². The average molecular weight is 296 g/mol. The summed E-state index contributed by atoms with van der Waals surface area (Å²) in [7, 11) is 0. The average Bonchev–Trinajstić information content (AvgIpc) is 2.38. The van der Waals surface area contributed by atoms with Crippen LogP contribution in [0.5, 0.6) is 0 Å². The lowest BCUT2D eigenvalue weighted by Gasteiger charge is -2.13. The van der Waals surface area contributed by atoms with E-state index in [1.807, 2.05) is 13.8 Å². The van der Waals surface area contributed by atoms with Crippen molar-refractivity contribution in [1.82, 2.24) is 0 Å². The fourth-order valence-electron chi connectivity index (χ4n) is 2.32. The van der Waals surface area contributed by atoms with Crippen LogP contribution in [0.2, 0.25) is 0 Å². The molecule has 4 heteroatoms. The van der Waals surface area contributed by atoms with E-state index < -0.39 is 11.7 Å². The van der Waals surface area contributed by atoms with Crippen LogP contribution in [-0.2, 0) is 6.18 Å². The second kappa shape index (κ2) is 5.51. The predicted octanol–water partition coefficient (Wildman–Crippen LogP) is 5.94. The lowest BCUT2D eigenvalue weighted by molar-refractivity contribution is -0.137. The first kappa shape index (κ1) is 15.5. The minimum Gasteiger partial charge on any atom is -0.207 e. The Hall–Kier alpha value is -1.84. The first-order valence-corrected chi connectivity index (χ1v) is 6.68. The van der Waals surface area contributed by atoms with Gasteiger partial charge in [0.05, 0.1) is 5.56 Å². The van der Waals surface area contributed by atoms with Crippen LogP contribution >= 0.6 is 0 Å². The summed E-state index contributed by atoms with van der Waals surface area (Å²) >= 11 is 0. The second-order valence-electron chi connectivity index (χ2n) is 5.42. The molecule has 0 aliphatic carbocycles. The van der Waals surface area contributed by atoms with Crippen LogP contribution in [0.3, 0.4) is 0 Å². The molecule has 0 bridgehead atoms. The Bertz CT molecular complexity index is 654. The highest BCUT2D eigenvalue weighted by atomic mass is 19.4. The van der Waals surface area contributed by atoms with Gasteiger partial charge in [-0.15, -0.1) is 0 Å². The van der Waals surface area contributed by atoms with Crippen molar-refractivity contribution in [2.24, 2.45) is 0 Å². The Morgan fingerprint density at radius 1 is 0.952 bits per heavy atom. The molecule has 0 fully saturated rings. The van der Waals surface area contributed by atoms with Crippen molar-refractivity contribution in [1.29, 1.82) is 0 Å². The van der Waals surface area contributed by atoms with Gasteiger partial charge in [0.15, 0.2) is 0 Å². The molecule has 0 amide bonds. The molecule has 0 spiro atoms. The van der Waals surface area contributed by atoms with Crippen LogP contribution in [0, 0.1) is 12.7 Å². The number of rotatable bonds is 2. The SMILES string of the molecule is Cc1cc(C(F)(F)F)ccc1-c1ccc(F)c(C(C)C)c1. The van der Waals surface area contributed by atoms with Gasteiger partial charge < -0.3 is 0 Å². The van der Waals surface area contributed by atoms with Gasteiger partial charge in [0.2, 0.25) is 0 Å². The minimum atomic E-state index is -4.35. The van der Waals surface area contributed by atoms with E-state index in [-0.39, 0.29) is 11.7 Å². The quantitative estimate of drug-likeness (QED) is 0.601. The minimum absolute atomic E-state index is 0.0136. The molecule has 2 aromatic rings. The largest absolute Gasteiger partial charge is 0.416 e. The molecule has 0 N–H and O–H groups in total. The number of halogens is 4. The molecule has 0 heterocycles. The van der Waals surface area contributed by atoms with Gasteiger partial charge in [0.1, 0.15) is 5.82 Å². The predicted molar refractivity (Wildman–Crippen MR) is 75.7 cm³/mol. The van der Waals surface area contributed by atoms with E-state index in [1.165, 1.54) is 12.1 Å². The molecule has 0 nitrogen and oxygen atoms in total. The number of aryl methyl sites for hydroxylation is 1. The topological polar surface area (TPSA) is 0 Å². The van der Waals surface area contributed by atoms with Gasteiger partial charge in [-0.1, -0.05) is 26.0 Å². The third kappa shape index (κ3) is 3.26. The number of hydrogen-bond acceptors (Lipinski definition) is 0. The highest BCUT2D eigenvalue weighted by molar-refractivity contribution is 5.68. The first-order chi connectivity index (χ1) is 9.70. The summed E-state index contributed by atoms with van der Waals surface area (Å²) in [4.78, 5) is 0. The van der Waals surface area contributed by atoms with Crippen molar-refractivity contribution in [3.8, 4) is 11.1 Å². The monoisotopic (exact) mass is 296 g/mol. The molecule has 2 rings (SSSR count). The van der Waals surface area contributed by atoms with Crippen molar-refractivity contribution < 1.29 is 17.6 Å². The maximum Gasteiger partial charge on any atom is 0.416 e. The molecule has 2 aromatic carbocycles. The Kier molecular flexibility index (Phi) is 4.08. The molecule has 0 aliphatic heterocycles. The van der Waals surface area contributed by atoms with Crippen LogP contribution in [0.25, 0.3) is 11.1 Å². The third-order valence-electron chi connectivity index (χ3n) is 3.48. The maximum atomic E-state index is 13.7. The Balaban J connectivity index is 2.50. The van der Waals surface area contributed by atoms with Crippen molar-refractivity contribution >= 4 is 0 Å². The van der Waals surface area contributed by atoms with Crippen LogP contribution in [0.4, 0.5) is 17.6 Å². The Morgan fingerprint density at radius 2 is 1.62 bits per heavy atom. The van der Waals surface area contributed by atoms with Crippen LogP contribution in [-0.4, -0.2) is 0 Å². The summed E-state index contributed by atoms with van der Waals surface area (Å²) in [6.07, 6.45) is -4.35. The van der Waals surface area contributed by atoms with Crippen molar-refractivity contribution in [2.75, 3.05) is 0 Å². The van der Waals surface area contributed by atoms with E-state index in [0.717, 1.165) is 17.7 Å². The molecule has 0 saturated heterocycles. The molecule has 0 unspecified atom stereocenters. The Morgan fingerprint density at radius 3 is 2.14 bits per heavy atom. The summed E-state index contributed by atoms with van der Waals surface area (Å²) in [5.74, 6) is -0.280. The van der Waals surface area contributed by atoms with E-state index in [1.54, 1.807) is 19.1 Å². The molecule has 0 atom stereocenters. The third-order valence-corrected chi connectivity index (χ3v) is 3.48. The van der Waals surface area contributed by atoms with E-state index in [2.05, 4.69) is 0 Å². The standard InChI is InChI=1S/C17H16F4/c1-10(2)15-9-12(4-7-16(15)18)14-6-5-13(8-11(14)3)17(19,20)21/h4-10H,1-3H3. The highest BCUT2D eigenvalue weighted by Gasteiger charge is 2.30. The number of alkyl halides is 3. The molecule has 112 valence electrons. The summed E-state index contributed by atoms with van der Waals surface area (Å²) in [6.45, 7) is 5.38. The number of hydrogen-bond donors (Lipinski definition) is 0. The van der Waals surface area contributed by atoms with Crippen LogP contribution in [0.1, 0.15) is 36.5 Å². The van der Waals surface area contributed by atoms with Crippen molar-refractivity contribution in [3.05, 3.63) is 58.9 Å². The zero-order valence-electron chi connectivity index (χ0n) is 12.1. The molecular weight excluding hydrogens is 280 g/mol. The smallest absolute Gasteiger partial charge is 0.207 e. The van der Waals surface area contributed by atoms with Gasteiger partial charge in [-0.05, 0) is 59.4 Å². The lowest BCUT2D eigenvalue weighted by Crippen LogP contribution is -2.05. The van der Waals surface area contributed by atoms with Crippen molar-refractivity contribution in [3.63, 3.8) is 0 Å². The fourth-order valence-corrected chi connectivity index (χ4v) is 2.32. The zero-order valence-corrected chi connectivity index (χ0v) is 12.1. The van der Waals surface area contributed by atoms with E-state index in [0.29, 0.717) is 16.7 Å². The van der Waals surface area contributed by atoms with E-state index in [9.17, 15) is 17.6 Å². The summed E-state index contributed by atoms with van der Waals surface area (Å²) in [5, 5.41) is 0. The molecular formula is C17H16F4. The van der Waals surface area contributed by atoms with Crippen LogP contribution in [0.15, 0.2) is 36.4 Å². The van der Waals surface area contributed by atoms with Gasteiger partial charge in [-0.2, -0.15) is 13.2 Å². The first-order valence-electron chi connectivity index (χ1n) is 6.68. The summed E-state index contributed by atoms with van der Waals surface area (Å²) < 4.78 is 51.7. The van der Waals surface area contributed by atoms with Crippen molar-refractivity contribution in [2.45, 2.75) is 32.9 Å². The highest BCUT2D eigenvalue weighted by Crippen LogP contribution is 2.34. The fraction of sp³-hybridized carbons (Fsp3) is 0.294. The maximum absolute atomic E-state index is 13.7. The molecule has 0 aliphatic rings. The van der Waals surface area contributed by atoms with E-state index in [4.69, 9.17) is 0 Å². The summed E-state index contributed by atoms with van der Waals surface area (Å²) in [5.41, 5.74) is 1.82. The molecule has 0 radical (unpaired) electrons. The Labute approximate surface area is 121 Å². The zero-order chi connectivity index (χ0) is 15.8. The molecule has 0 aromatic heterocycles. The summed E-state index contributed by atoms with van der Waals surface area (Å²) in [6, 6.07) is 8.28. The lowest BCUT2D eigenvalue weighted by atomic mass is 9.94.